The number of amides is 5. The lowest BCUT2D eigenvalue weighted by Crippen LogP contribution is -2.56. The van der Waals surface area contributed by atoms with E-state index in [-0.39, 0.29) is 42.2 Å². The highest BCUT2D eigenvalue weighted by Gasteiger charge is 2.47. The maximum Gasteiger partial charge on any atom is 0.266 e. The van der Waals surface area contributed by atoms with Gasteiger partial charge < -0.3 is 16.2 Å². The normalized spacial score (nSPS) is 18.2. The van der Waals surface area contributed by atoms with Crippen molar-refractivity contribution in [3.63, 3.8) is 0 Å². The lowest BCUT2D eigenvalue weighted by atomic mass is 10.0. The first kappa shape index (κ1) is 24.4. The van der Waals surface area contributed by atoms with Crippen LogP contribution in [0.5, 0.6) is 5.75 Å². The average Bonchev–Trinajstić information content (AvgIpc) is 3.04. The van der Waals surface area contributed by atoms with Crippen molar-refractivity contribution in [2.24, 2.45) is 11.5 Å². The lowest BCUT2D eigenvalue weighted by molar-refractivity contribution is -0.151. The summed E-state index contributed by atoms with van der Waals surface area (Å²) in [6.45, 7) is 0.491. The molecule has 0 bridgehead atoms. The van der Waals surface area contributed by atoms with Crippen molar-refractivity contribution in [3.8, 4) is 5.75 Å². The van der Waals surface area contributed by atoms with E-state index in [1.807, 2.05) is 0 Å². The van der Waals surface area contributed by atoms with Crippen molar-refractivity contribution >= 4 is 29.5 Å². The van der Waals surface area contributed by atoms with E-state index in [4.69, 9.17) is 16.2 Å². The summed E-state index contributed by atoms with van der Waals surface area (Å²) in [4.78, 5) is 64.8. The third-order valence-corrected chi connectivity index (χ3v) is 5.91. The summed E-state index contributed by atoms with van der Waals surface area (Å²) in [5, 5.41) is 0. The topological polar surface area (TPSA) is 153 Å². The number of unbranched alkanes of at least 4 members (excludes halogenated alkanes) is 5. The number of imide groups is 2. The first-order chi connectivity index (χ1) is 15.9. The van der Waals surface area contributed by atoms with E-state index in [9.17, 15) is 24.0 Å². The Balaban J connectivity index is 1.68. The van der Waals surface area contributed by atoms with E-state index in [1.54, 1.807) is 0 Å². The molecule has 4 N–H and O–H groups in total. The van der Waals surface area contributed by atoms with Crippen LogP contribution < -0.4 is 16.2 Å². The van der Waals surface area contributed by atoms with E-state index in [0.29, 0.717) is 13.0 Å². The summed E-state index contributed by atoms with van der Waals surface area (Å²) >= 11 is 0. The molecule has 2 aliphatic rings. The second kappa shape index (κ2) is 11.0. The standard InChI is InChI=1S/C23H30N4O6/c24-12-5-3-1-2-4-6-13-26-19(29)11-10-16(22(26)31)27-21(30)15-8-7-9-17(20(15)23(27)32)33-14-18(25)28/h7-9,16H,1-6,10-14,24H2,(H2,25,28). The SMILES string of the molecule is NCCCCCCCCN1C(=O)CCC(N2C(=O)c3cccc(OCC(N)=O)c3C2=O)C1=O. The minimum atomic E-state index is -1.05. The van der Waals surface area contributed by atoms with Gasteiger partial charge in [0.1, 0.15) is 11.8 Å². The first-order valence-corrected chi connectivity index (χ1v) is 11.3. The number of piperidine rings is 1. The van der Waals surface area contributed by atoms with Gasteiger partial charge in [-0.1, -0.05) is 31.7 Å². The van der Waals surface area contributed by atoms with Crippen molar-refractivity contribution < 1.29 is 28.7 Å². The summed E-state index contributed by atoms with van der Waals surface area (Å²) < 4.78 is 5.30. The monoisotopic (exact) mass is 458 g/mol. The molecule has 0 aliphatic carbocycles. The summed E-state index contributed by atoms with van der Waals surface area (Å²) in [6.07, 6.45) is 5.79. The van der Waals surface area contributed by atoms with Gasteiger partial charge in [-0.3, -0.25) is 33.8 Å². The summed E-state index contributed by atoms with van der Waals surface area (Å²) in [7, 11) is 0. The highest BCUT2D eigenvalue weighted by Crippen LogP contribution is 2.34. The smallest absolute Gasteiger partial charge is 0.266 e. The molecule has 0 aromatic heterocycles. The van der Waals surface area contributed by atoms with Crippen LogP contribution in [-0.2, 0) is 14.4 Å². The Bertz CT molecular complexity index is 947. The maximum atomic E-state index is 13.1. The molecule has 0 radical (unpaired) electrons. The summed E-state index contributed by atoms with van der Waals surface area (Å²) in [5.41, 5.74) is 10.7. The van der Waals surface area contributed by atoms with Crippen LogP contribution in [0.4, 0.5) is 0 Å². The number of hydrogen-bond acceptors (Lipinski definition) is 7. The van der Waals surface area contributed by atoms with Gasteiger partial charge in [-0.2, -0.15) is 0 Å². The number of rotatable bonds is 12. The number of nitrogens with zero attached hydrogens (tertiary/aromatic N) is 2. The van der Waals surface area contributed by atoms with Gasteiger partial charge in [-0.15, -0.1) is 0 Å². The van der Waals surface area contributed by atoms with Crippen LogP contribution in [0.1, 0.15) is 72.1 Å². The van der Waals surface area contributed by atoms with Crippen LogP contribution >= 0.6 is 0 Å². The second-order valence-corrected chi connectivity index (χ2v) is 8.26. The van der Waals surface area contributed by atoms with Gasteiger partial charge in [0.15, 0.2) is 6.61 Å². The fraction of sp³-hybridized carbons (Fsp3) is 0.522. The molecule has 1 atom stereocenters. The van der Waals surface area contributed by atoms with Crippen LogP contribution in [0.3, 0.4) is 0 Å². The summed E-state index contributed by atoms with van der Waals surface area (Å²) in [6, 6.07) is 3.40. The van der Waals surface area contributed by atoms with Crippen molar-refractivity contribution in [1.29, 1.82) is 0 Å². The Morgan fingerprint density at radius 3 is 2.39 bits per heavy atom. The number of primary amides is 1. The zero-order valence-electron chi connectivity index (χ0n) is 18.6. The number of ether oxygens (including phenoxy) is 1. The molecule has 33 heavy (non-hydrogen) atoms. The quantitative estimate of drug-likeness (QED) is 0.349. The second-order valence-electron chi connectivity index (χ2n) is 8.26. The molecular formula is C23H30N4O6. The van der Waals surface area contributed by atoms with E-state index in [2.05, 4.69) is 0 Å². The molecule has 1 fully saturated rings. The molecule has 10 nitrogen and oxygen atoms in total. The van der Waals surface area contributed by atoms with Gasteiger partial charge in [0, 0.05) is 13.0 Å². The number of benzene rings is 1. The molecule has 3 rings (SSSR count). The number of fused-ring (bicyclic) bond motifs is 1. The largest absolute Gasteiger partial charge is 0.483 e. The molecule has 10 heteroatoms. The minimum Gasteiger partial charge on any atom is -0.483 e. The van der Waals surface area contributed by atoms with E-state index >= 15 is 0 Å². The zero-order valence-corrected chi connectivity index (χ0v) is 18.6. The van der Waals surface area contributed by atoms with Gasteiger partial charge in [0.2, 0.25) is 5.91 Å². The molecule has 1 aromatic rings. The molecule has 2 heterocycles. The van der Waals surface area contributed by atoms with E-state index in [1.165, 1.54) is 23.1 Å². The van der Waals surface area contributed by atoms with Gasteiger partial charge in [-0.05, 0) is 37.9 Å². The fourth-order valence-electron chi connectivity index (χ4n) is 4.24. The molecule has 1 aromatic carbocycles. The van der Waals surface area contributed by atoms with Crippen LogP contribution in [0.25, 0.3) is 0 Å². The number of nitrogens with two attached hydrogens (primary N) is 2. The Labute approximate surface area is 192 Å². The highest BCUT2D eigenvalue weighted by molar-refractivity contribution is 6.24. The van der Waals surface area contributed by atoms with Crippen LogP contribution in [0, 0.1) is 0 Å². The minimum absolute atomic E-state index is 0.00233. The zero-order chi connectivity index (χ0) is 24.0. The first-order valence-electron chi connectivity index (χ1n) is 11.3. The van der Waals surface area contributed by atoms with Gasteiger partial charge in [0.05, 0.1) is 11.1 Å². The number of likely N-dealkylation sites (tertiary alicyclic amines) is 1. The van der Waals surface area contributed by atoms with Crippen LogP contribution in [0.2, 0.25) is 0 Å². The number of hydrogen-bond donors (Lipinski definition) is 2. The maximum absolute atomic E-state index is 13.1. The molecule has 2 aliphatic heterocycles. The van der Waals surface area contributed by atoms with Crippen molar-refractivity contribution in [2.45, 2.75) is 57.4 Å². The predicted octanol–water partition coefficient (Wildman–Crippen LogP) is 0.964. The third-order valence-electron chi connectivity index (χ3n) is 5.91. The van der Waals surface area contributed by atoms with Crippen LogP contribution in [-0.4, -0.2) is 65.1 Å². The lowest BCUT2D eigenvalue weighted by Gasteiger charge is -2.34. The predicted molar refractivity (Wildman–Crippen MR) is 118 cm³/mol. The Kier molecular flexibility index (Phi) is 8.16. The van der Waals surface area contributed by atoms with E-state index < -0.39 is 36.3 Å². The summed E-state index contributed by atoms with van der Waals surface area (Å²) in [5.74, 6) is -2.80. The van der Waals surface area contributed by atoms with Gasteiger partial charge in [-0.25, -0.2) is 0 Å². The highest BCUT2D eigenvalue weighted by atomic mass is 16.5. The number of carbonyl (C=O) groups excluding carboxylic acids is 5. The molecular weight excluding hydrogens is 428 g/mol. The van der Waals surface area contributed by atoms with Crippen molar-refractivity contribution in [2.75, 3.05) is 19.7 Å². The molecule has 1 unspecified atom stereocenters. The molecule has 5 amide bonds. The average molecular weight is 459 g/mol. The number of carbonyl (C=O) groups is 5. The Morgan fingerprint density at radius 1 is 1.00 bits per heavy atom. The van der Waals surface area contributed by atoms with E-state index in [0.717, 1.165) is 37.0 Å². The third kappa shape index (κ3) is 5.39. The molecule has 178 valence electrons. The van der Waals surface area contributed by atoms with Gasteiger partial charge >= 0.3 is 0 Å². The van der Waals surface area contributed by atoms with Crippen molar-refractivity contribution in [1.82, 2.24) is 9.80 Å². The Morgan fingerprint density at radius 2 is 1.70 bits per heavy atom. The van der Waals surface area contributed by atoms with Crippen molar-refractivity contribution in [3.05, 3.63) is 29.3 Å². The fourth-order valence-corrected chi connectivity index (χ4v) is 4.24. The molecule has 1 saturated heterocycles. The van der Waals surface area contributed by atoms with Gasteiger partial charge in [0.25, 0.3) is 23.6 Å². The molecule has 0 saturated carbocycles. The van der Waals surface area contributed by atoms with Crippen LogP contribution in [0.15, 0.2) is 18.2 Å². The molecule has 0 spiro atoms. The Hall–Kier alpha value is -3.27.